The van der Waals surface area contributed by atoms with E-state index in [1.165, 1.54) is 45.8 Å². The van der Waals surface area contributed by atoms with Crippen molar-refractivity contribution in [3.63, 3.8) is 0 Å². The molecule has 0 aliphatic carbocycles. The molecule has 0 aliphatic heterocycles. The van der Waals surface area contributed by atoms with Gasteiger partial charge in [-0.3, -0.25) is 0 Å². The predicted octanol–water partition coefficient (Wildman–Crippen LogP) is 13.0. The molecule has 2 nitrogen and oxygen atoms in total. The first-order valence-corrected chi connectivity index (χ1v) is 16.0. The lowest BCUT2D eigenvalue weighted by molar-refractivity contribution is 0.627. The number of rotatable bonds is 6. The standard InChI is InChI=1S/C44H28F2N2/c45-29-15-19-33(20-16-29)47(31-9-3-1-4-10-31)41-27-25-37-35-13-7-8-14-36(35)38-26-28-42(40-24-23-39(41)43(37)44(38)40)48(32-11-5-2-6-12-32)34-21-17-30(46)18-22-34/h1-28H. The van der Waals surface area contributed by atoms with Crippen LogP contribution in [0.1, 0.15) is 0 Å². The second kappa shape index (κ2) is 11.2. The fourth-order valence-electron chi connectivity index (χ4n) is 7.24. The lowest BCUT2D eigenvalue weighted by Gasteiger charge is -2.30. The summed E-state index contributed by atoms with van der Waals surface area (Å²) < 4.78 is 28.3. The van der Waals surface area contributed by atoms with E-state index in [2.05, 4.69) is 94.7 Å². The van der Waals surface area contributed by atoms with E-state index >= 15 is 0 Å². The Morgan fingerprint density at radius 2 is 0.604 bits per heavy atom. The van der Waals surface area contributed by atoms with E-state index in [0.29, 0.717) is 0 Å². The average Bonchev–Trinajstić information content (AvgIpc) is 3.14. The van der Waals surface area contributed by atoms with Crippen LogP contribution in [-0.2, 0) is 0 Å². The number of hydrogen-bond donors (Lipinski definition) is 0. The van der Waals surface area contributed by atoms with Gasteiger partial charge in [0.15, 0.2) is 0 Å². The van der Waals surface area contributed by atoms with Crippen molar-refractivity contribution < 1.29 is 8.78 Å². The molecule has 0 aliphatic rings. The average molecular weight is 623 g/mol. The number of hydrogen-bond acceptors (Lipinski definition) is 2. The third-order valence-electron chi connectivity index (χ3n) is 9.30. The zero-order chi connectivity index (χ0) is 32.2. The van der Waals surface area contributed by atoms with Gasteiger partial charge in [-0.2, -0.15) is 0 Å². The van der Waals surface area contributed by atoms with Gasteiger partial charge in [0.05, 0.1) is 11.4 Å². The zero-order valence-corrected chi connectivity index (χ0v) is 25.8. The summed E-state index contributed by atoms with van der Waals surface area (Å²) in [4.78, 5) is 4.40. The maximum Gasteiger partial charge on any atom is 0.123 e. The van der Waals surface area contributed by atoms with Crippen LogP contribution in [0.15, 0.2) is 170 Å². The highest BCUT2D eigenvalue weighted by Crippen LogP contribution is 2.49. The number of benzene rings is 9. The number of nitrogens with zero attached hydrogens (tertiary/aromatic N) is 2. The lowest BCUT2D eigenvalue weighted by atomic mass is 9.87. The molecule has 0 unspecified atom stereocenters. The van der Waals surface area contributed by atoms with E-state index in [1.54, 1.807) is 0 Å². The Morgan fingerprint density at radius 3 is 1.00 bits per heavy atom. The first kappa shape index (κ1) is 28.0. The number of anilines is 6. The van der Waals surface area contributed by atoms with Crippen molar-refractivity contribution in [2.75, 3.05) is 9.80 Å². The van der Waals surface area contributed by atoms with Crippen LogP contribution in [0.4, 0.5) is 42.9 Å². The molecule has 48 heavy (non-hydrogen) atoms. The Morgan fingerprint density at radius 1 is 0.271 bits per heavy atom. The van der Waals surface area contributed by atoms with Crippen molar-refractivity contribution in [1.29, 1.82) is 0 Å². The highest BCUT2D eigenvalue weighted by molar-refractivity contribution is 6.36. The molecule has 0 atom stereocenters. The Hall–Kier alpha value is -6.26. The maximum atomic E-state index is 14.2. The zero-order valence-electron chi connectivity index (χ0n) is 25.8. The summed E-state index contributed by atoms with van der Waals surface area (Å²) in [6.45, 7) is 0. The molecular weight excluding hydrogens is 594 g/mol. The Kier molecular flexibility index (Phi) is 6.54. The summed E-state index contributed by atoms with van der Waals surface area (Å²) in [6.07, 6.45) is 0. The molecule has 4 heteroatoms. The molecule has 0 amide bonds. The monoisotopic (exact) mass is 622 g/mol. The smallest absolute Gasteiger partial charge is 0.123 e. The van der Waals surface area contributed by atoms with Crippen molar-refractivity contribution in [3.05, 3.63) is 181 Å². The van der Waals surface area contributed by atoms with Gasteiger partial charge >= 0.3 is 0 Å². The van der Waals surface area contributed by atoms with Gasteiger partial charge < -0.3 is 9.80 Å². The lowest BCUT2D eigenvalue weighted by Crippen LogP contribution is -2.11. The molecule has 0 heterocycles. The quantitative estimate of drug-likeness (QED) is 0.134. The van der Waals surface area contributed by atoms with E-state index in [4.69, 9.17) is 0 Å². The molecule has 9 aromatic carbocycles. The van der Waals surface area contributed by atoms with Crippen molar-refractivity contribution in [1.82, 2.24) is 0 Å². The minimum absolute atomic E-state index is 0.273. The van der Waals surface area contributed by atoms with Crippen molar-refractivity contribution in [3.8, 4) is 0 Å². The highest BCUT2D eigenvalue weighted by atomic mass is 19.1. The summed E-state index contributed by atoms with van der Waals surface area (Å²) in [7, 11) is 0. The maximum absolute atomic E-state index is 14.2. The van der Waals surface area contributed by atoms with E-state index in [1.807, 2.05) is 60.7 Å². The van der Waals surface area contributed by atoms with Crippen LogP contribution in [0.25, 0.3) is 43.1 Å². The van der Waals surface area contributed by atoms with Crippen LogP contribution in [0.5, 0.6) is 0 Å². The highest BCUT2D eigenvalue weighted by Gasteiger charge is 2.23. The molecule has 228 valence electrons. The van der Waals surface area contributed by atoms with Crippen LogP contribution < -0.4 is 9.80 Å². The van der Waals surface area contributed by atoms with Gasteiger partial charge in [-0.05, 0) is 106 Å². The molecule has 9 rings (SSSR count). The van der Waals surface area contributed by atoms with Crippen molar-refractivity contribution >= 4 is 77.2 Å². The van der Waals surface area contributed by atoms with Gasteiger partial charge in [0.2, 0.25) is 0 Å². The summed E-state index contributed by atoms with van der Waals surface area (Å²) in [6, 6.07) is 55.6. The SMILES string of the molecule is Fc1ccc(N(c2ccccc2)c2ccc3c4ccccc4c4ccc(N(c5ccccc5)c5ccc(F)cc5)c5ccc2c3c54)cc1. The summed E-state index contributed by atoms with van der Waals surface area (Å²) in [5.74, 6) is -0.546. The molecule has 9 aromatic rings. The second-order valence-corrected chi connectivity index (χ2v) is 12.0. The van der Waals surface area contributed by atoms with Crippen LogP contribution in [0.2, 0.25) is 0 Å². The van der Waals surface area contributed by atoms with E-state index < -0.39 is 0 Å². The van der Waals surface area contributed by atoms with Crippen LogP contribution >= 0.6 is 0 Å². The first-order chi connectivity index (χ1) is 23.7. The molecule has 0 aromatic heterocycles. The largest absolute Gasteiger partial charge is 0.310 e. The van der Waals surface area contributed by atoms with Crippen LogP contribution in [-0.4, -0.2) is 0 Å². The fraction of sp³-hybridized carbons (Fsp3) is 0. The van der Waals surface area contributed by atoms with Gasteiger partial charge in [-0.1, -0.05) is 84.9 Å². The molecular formula is C44H28F2N2. The molecule has 0 radical (unpaired) electrons. The minimum atomic E-state index is -0.273. The molecule has 0 saturated heterocycles. The third kappa shape index (κ3) is 4.45. The Bertz CT molecular complexity index is 2380. The van der Waals surface area contributed by atoms with Crippen LogP contribution in [0, 0.1) is 11.6 Å². The van der Waals surface area contributed by atoms with E-state index in [-0.39, 0.29) is 11.6 Å². The second-order valence-electron chi connectivity index (χ2n) is 12.0. The van der Waals surface area contributed by atoms with Crippen LogP contribution in [0.3, 0.4) is 0 Å². The van der Waals surface area contributed by atoms with Gasteiger partial charge in [-0.15, -0.1) is 0 Å². The summed E-state index contributed by atoms with van der Waals surface area (Å²) in [5, 5.41) is 9.22. The number of halogens is 2. The fourth-order valence-corrected chi connectivity index (χ4v) is 7.24. The first-order valence-electron chi connectivity index (χ1n) is 16.0. The molecule has 0 saturated carbocycles. The molecule has 0 spiro atoms. The number of fused-ring (bicyclic) bond motifs is 3. The Labute approximate surface area is 276 Å². The Balaban J connectivity index is 1.39. The normalized spacial score (nSPS) is 11.5. The van der Waals surface area contributed by atoms with Crippen molar-refractivity contribution in [2.45, 2.75) is 0 Å². The van der Waals surface area contributed by atoms with E-state index in [0.717, 1.165) is 55.7 Å². The topological polar surface area (TPSA) is 6.48 Å². The predicted molar refractivity (Wildman–Crippen MR) is 197 cm³/mol. The van der Waals surface area contributed by atoms with Gasteiger partial charge in [0.25, 0.3) is 0 Å². The number of para-hydroxylation sites is 2. The van der Waals surface area contributed by atoms with Gasteiger partial charge in [0, 0.05) is 44.3 Å². The van der Waals surface area contributed by atoms with Crippen molar-refractivity contribution in [2.24, 2.45) is 0 Å². The van der Waals surface area contributed by atoms with E-state index in [9.17, 15) is 8.78 Å². The minimum Gasteiger partial charge on any atom is -0.310 e. The summed E-state index contributed by atoms with van der Waals surface area (Å²) in [5.41, 5.74) is 5.71. The molecule has 0 fully saturated rings. The molecule has 0 bridgehead atoms. The molecule has 0 N–H and O–H groups in total. The summed E-state index contributed by atoms with van der Waals surface area (Å²) >= 11 is 0. The van der Waals surface area contributed by atoms with Gasteiger partial charge in [0.1, 0.15) is 11.6 Å². The third-order valence-corrected chi connectivity index (χ3v) is 9.30. The van der Waals surface area contributed by atoms with Gasteiger partial charge in [-0.25, -0.2) is 8.78 Å².